The normalized spacial score (nSPS) is 11.8. The summed E-state index contributed by atoms with van der Waals surface area (Å²) in [7, 11) is -2.94. The van der Waals surface area contributed by atoms with E-state index >= 15 is 0 Å². The molecule has 0 aromatic carbocycles. The molecule has 1 rings (SSSR count). The van der Waals surface area contributed by atoms with Gasteiger partial charge in [-0.15, -0.1) is 0 Å². The Hall–Kier alpha value is -0.620. The minimum atomic E-state index is -2.94. The van der Waals surface area contributed by atoms with Gasteiger partial charge < -0.3 is 5.73 Å². The lowest BCUT2D eigenvalue weighted by molar-refractivity contribution is 0.597. The lowest BCUT2D eigenvalue weighted by atomic mass is 10.5. The summed E-state index contributed by atoms with van der Waals surface area (Å²) in [5, 5.41) is 0. The predicted octanol–water partition coefficient (Wildman–Crippen LogP) is 0.660. The van der Waals surface area contributed by atoms with Crippen molar-refractivity contribution in [2.24, 2.45) is 0 Å². The second kappa shape index (κ2) is 3.40. The summed E-state index contributed by atoms with van der Waals surface area (Å²) < 4.78 is 26.0. The van der Waals surface area contributed by atoms with Crippen molar-refractivity contribution < 1.29 is 8.42 Å². The maximum absolute atomic E-state index is 11.1. The Kier molecular flexibility index (Phi) is 2.69. The Labute approximate surface area is 75.5 Å². The molecule has 1 aromatic rings. The lowest BCUT2D eigenvalue weighted by Gasteiger charge is -1.95. The number of hydrogen-bond acceptors (Lipinski definition) is 5. The van der Waals surface area contributed by atoms with Gasteiger partial charge in [0.2, 0.25) is 0 Å². The molecule has 6 heteroatoms. The summed E-state index contributed by atoms with van der Waals surface area (Å²) in [4.78, 5) is 0.703. The van der Waals surface area contributed by atoms with Crippen LogP contribution in [-0.2, 0) is 15.6 Å². The molecular weight excluding hydrogens is 196 g/mol. The highest BCUT2D eigenvalue weighted by molar-refractivity contribution is 7.90. The third-order valence-electron chi connectivity index (χ3n) is 1.38. The molecule has 0 amide bonds. The highest BCUT2D eigenvalue weighted by Gasteiger charge is 2.10. The zero-order chi connectivity index (χ0) is 9.19. The standard InChI is InChI=1S/C6H10N2O2S2/c1-2-12(9,10)4-5-3-6(7)8-11-5/h3H,2,4H2,1H3,(H2,7,8). The van der Waals surface area contributed by atoms with Crippen LogP contribution in [-0.4, -0.2) is 18.5 Å². The van der Waals surface area contributed by atoms with Crippen LogP contribution in [0.5, 0.6) is 0 Å². The first-order valence-corrected chi connectivity index (χ1v) is 6.04. The second-order valence-corrected chi connectivity index (χ2v) is 5.64. The molecule has 68 valence electrons. The highest BCUT2D eigenvalue weighted by atomic mass is 32.2. The number of nitrogens with zero attached hydrogens (tertiary/aromatic N) is 1. The summed E-state index contributed by atoms with van der Waals surface area (Å²) in [5.74, 6) is 0.602. The van der Waals surface area contributed by atoms with Crippen molar-refractivity contribution in [3.05, 3.63) is 10.9 Å². The van der Waals surface area contributed by atoms with E-state index in [0.717, 1.165) is 11.5 Å². The van der Waals surface area contributed by atoms with Crippen LogP contribution in [0.25, 0.3) is 0 Å². The average Bonchev–Trinajstić information content (AvgIpc) is 2.35. The van der Waals surface area contributed by atoms with E-state index in [2.05, 4.69) is 4.37 Å². The van der Waals surface area contributed by atoms with Crippen molar-refractivity contribution in [1.82, 2.24) is 4.37 Å². The summed E-state index contributed by atoms with van der Waals surface area (Å²) in [6.45, 7) is 1.62. The SMILES string of the molecule is CCS(=O)(=O)Cc1cc(N)ns1. The van der Waals surface area contributed by atoms with E-state index in [1.165, 1.54) is 0 Å². The zero-order valence-electron chi connectivity index (χ0n) is 6.65. The Morgan fingerprint density at radius 3 is 2.75 bits per heavy atom. The average molecular weight is 206 g/mol. The molecule has 0 saturated heterocycles. The highest BCUT2D eigenvalue weighted by Crippen LogP contribution is 2.14. The molecule has 0 radical (unpaired) electrons. The minimum Gasteiger partial charge on any atom is -0.383 e. The van der Waals surface area contributed by atoms with Crippen LogP contribution in [0.15, 0.2) is 6.07 Å². The van der Waals surface area contributed by atoms with Crippen LogP contribution in [0, 0.1) is 0 Å². The van der Waals surface area contributed by atoms with Crippen LogP contribution in [0.1, 0.15) is 11.8 Å². The third kappa shape index (κ3) is 2.46. The number of aromatic nitrogens is 1. The maximum Gasteiger partial charge on any atom is 0.155 e. The number of hydrogen-bond donors (Lipinski definition) is 1. The number of nitrogens with two attached hydrogens (primary N) is 1. The largest absolute Gasteiger partial charge is 0.383 e. The molecule has 0 aliphatic rings. The summed E-state index contributed by atoms with van der Waals surface area (Å²) in [6.07, 6.45) is 0. The predicted molar refractivity (Wildman–Crippen MR) is 49.7 cm³/mol. The summed E-state index contributed by atoms with van der Waals surface area (Å²) >= 11 is 1.14. The lowest BCUT2D eigenvalue weighted by Crippen LogP contribution is -2.05. The van der Waals surface area contributed by atoms with Crippen LogP contribution in [0.3, 0.4) is 0 Å². The fraction of sp³-hybridized carbons (Fsp3) is 0.500. The van der Waals surface area contributed by atoms with E-state index in [1.807, 2.05) is 0 Å². The van der Waals surface area contributed by atoms with E-state index in [4.69, 9.17) is 5.73 Å². The van der Waals surface area contributed by atoms with Crippen molar-refractivity contribution >= 4 is 27.2 Å². The van der Waals surface area contributed by atoms with Crippen LogP contribution in [0.4, 0.5) is 5.82 Å². The van der Waals surface area contributed by atoms with Crippen molar-refractivity contribution in [3.63, 3.8) is 0 Å². The Bertz CT molecular complexity index is 355. The zero-order valence-corrected chi connectivity index (χ0v) is 8.28. The van der Waals surface area contributed by atoms with Gasteiger partial charge >= 0.3 is 0 Å². The first-order valence-electron chi connectivity index (χ1n) is 3.45. The minimum absolute atomic E-state index is 0.0539. The smallest absolute Gasteiger partial charge is 0.155 e. The van der Waals surface area contributed by atoms with E-state index in [9.17, 15) is 8.42 Å². The van der Waals surface area contributed by atoms with Crippen molar-refractivity contribution in [2.45, 2.75) is 12.7 Å². The molecule has 1 heterocycles. The maximum atomic E-state index is 11.1. The molecule has 1 aromatic heterocycles. The molecule has 0 spiro atoms. The Morgan fingerprint density at radius 2 is 2.33 bits per heavy atom. The van der Waals surface area contributed by atoms with Gasteiger partial charge in [0.1, 0.15) is 5.82 Å². The van der Waals surface area contributed by atoms with Gasteiger partial charge in [0.25, 0.3) is 0 Å². The number of anilines is 1. The van der Waals surface area contributed by atoms with Gasteiger partial charge in [0.05, 0.1) is 5.75 Å². The molecule has 0 bridgehead atoms. The van der Waals surface area contributed by atoms with Crippen molar-refractivity contribution in [3.8, 4) is 0 Å². The molecule has 0 aliphatic heterocycles. The van der Waals surface area contributed by atoms with E-state index in [1.54, 1.807) is 13.0 Å². The van der Waals surface area contributed by atoms with Crippen LogP contribution < -0.4 is 5.73 Å². The van der Waals surface area contributed by atoms with Crippen molar-refractivity contribution in [1.29, 1.82) is 0 Å². The Morgan fingerprint density at radius 1 is 1.67 bits per heavy atom. The fourth-order valence-corrected chi connectivity index (χ4v) is 2.64. The monoisotopic (exact) mass is 206 g/mol. The third-order valence-corrected chi connectivity index (χ3v) is 3.99. The quantitative estimate of drug-likeness (QED) is 0.788. The van der Waals surface area contributed by atoms with E-state index < -0.39 is 9.84 Å². The van der Waals surface area contributed by atoms with Crippen LogP contribution >= 0.6 is 11.5 Å². The molecule has 4 nitrogen and oxygen atoms in total. The van der Waals surface area contributed by atoms with Gasteiger partial charge in [-0.25, -0.2) is 8.42 Å². The van der Waals surface area contributed by atoms with E-state index in [-0.39, 0.29) is 11.5 Å². The summed E-state index contributed by atoms with van der Waals surface area (Å²) in [5.41, 5.74) is 5.34. The number of sulfone groups is 1. The molecule has 12 heavy (non-hydrogen) atoms. The Balaban J connectivity index is 2.77. The van der Waals surface area contributed by atoms with Gasteiger partial charge in [-0.1, -0.05) is 6.92 Å². The first kappa shape index (κ1) is 9.47. The van der Waals surface area contributed by atoms with Gasteiger partial charge in [-0.05, 0) is 17.6 Å². The van der Waals surface area contributed by atoms with Gasteiger partial charge in [-0.3, -0.25) is 0 Å². The number of nitrogen functional groups attached to an aromatic ring is 1. The van der Waals surface area contributed by atoms with Gasteiger partial charge in [-0.2, -0.15) is 4.37 Å². The topological polar surface area (TPSA) is 73.0 Å². The van der Waals surface area contributed by atoms with Gasteiger partial charge in [0, 0.05) is 10.6 Å². The first-order chi connectivity index (χ1) is 5.53. The molecule has 0 atom stereocenters. The molecule has 0 aliphatic carbocycles. The summed E-state index contributed by atoms with van der Waals surface area (Å²) in [6, 6.07) is 1.60. The molecule has 0 fully saturated rings. The van der Waals surface area contributed by atoms with E-state index in [0.29, 0.717) is 10.7 Å². The van der Waals surface area contributed by atoms with Crippen molar-refractivity contribution in [2.75, 3.05) is 11.5 Å². The molecule has 0 unspecified atom stereocenters. The van der Waals surface area contributed by atoms with Crippen LogP contribution in [0.2, 0.25) is 0 Å². The molecule has 0 saturated carbocycles. The molecular formula is C6H10N2O2S2. The fourth-order valence-electron chi connectivity index (χ4n) is 0.716. The number of rotatable bonds is 3. The second-order valence-electron chi connectivity index (χ2n) is 2.39. The molecule has 2 N–H and O–H groups in total. The van der Waals surface area contributed by atoms with Gasteiger partial charge in [0.15, 0.2) is 9.84 Å².